The first-order chi connectivity index (χ1) is 13.8. The second kappa shape index (κ2) is 8.56. The van der Waals surface area contributed by atoms with Crippen molar-refractivity contribution in [1.29, 1.82) is 0 Å². The number of amides is 3. The number of hydrogen-bond acceptors (Lipinski definition) is 7. The van der Waals surface area contributed by atoms with Gasteiger partial charge in [-0.1, -0.05) is 24.4 Å². The Morgan fingerprint density at radius 3 is 2.38 bits per heavy atom. The van der Waals surface area contributed by atoms with E-state index in [4.69, 9.17) is 16.3 Å². The van der Waals surface area contributed by atoms with Gasteiger partial charge in [0.05, 0.1) is 27.5 Å². The van der Waals surface area contributed by atoms with Gasteiger partial charge in [-0.2, -0.15) is 0 Å². The van der Waals surface area contributed by atoms with Gasteiger partial charge in [0.25, 0.3) is 11.6 Å². The maximum absolute atomic E-state index is 12.3. The molecule has 1 aromatic carbocycles. The standard InChI is InChI=1S/C18H18ClN3O7/c19-13-7-10(22(27)28)5-6-14(13)20-15(23)9-29-16(24)8-21-17(25)11-3-1-2-4-12(11)18(21)26/h5-7,11-12H,1-4,8-9H2,(H,20,23)/t11-,12-/m1/s1. The molecule has 1 aliphatic carbocycles. The van der Waals surface area contributed by atoms with E-state index in [1.807, 2.05) is 0 Å². The Hall–Kier alpha value is -3.01. The smallest absolute Gasteiger partial charge is 0.326 e. The van der Waals surface area contributed by atoms with Gasteiger partial charge in [0, 0.05) is 12.1 Å². The van der Waals surface area contributed by atoms with Crippen LogP contribution in [0.4, 0.5) is 11.4 Å². The predicted octanol–water partition coefficient (Wildman–Crippen LogP) is 1.91. The highest BCUT2D eigenvalue weighted by Crippen LogP contribution is 2.37. The molecule has 2 fully saturated rings. The third-order valence-corrected chi connectivity index (χ3v) is 5.33. The highest BCUT2D eigenvalue weighted by Gasteiger charge is 2.48. The van der Waals surface area contributed by atoms with Crippen LogP contribution in [0.3, 0.4) is 0 Å². The van der Waals surface area contributed by atoms with Crippen LogP contribution in [0, 0.1) is 22.0 Å². The minimum Gasteiger partial charge on any atom is -0.454 e. The van der Waals surface area contributed by atoms with Gasteiger partial charge in [0.15, 0.2) is 6.61 Å². The van der Waals surface area contributed by atoms with Gasteiger partial charge in [0.2, 0.25) is 11.8 Å². The molecule has 3 amide bonds. The summed E-state index contributed by atoms with van der Waals surface area (Å²) < 4.78 is 4.84. The van der Waals surface area contributed by atoms with Crippen LogP contribution >= 0.6 is 11.6 Å². The number of nitrogens with one attached hydrogen (secondary N) is 1. The average Bonchev–Trinajstić information content (AvgIpc) is 2.93. The summed E-state index contributed by atoms with van der Waals surface area (Å²) in [5.74, 6) is -3.05. The van der Waals surface area contributed by atoms with Crippen molar-refractivity contribution in [3.8, 4) is 0 Å². The third kappa shape index (κ3) is 4.53. The highest BCUT2D eigenvalue weighted by atomic mass is 35.5. The summed E-state index contributed by atoms with van der Waals surface area (Å²) in [5.41, 5.74) is -0.118. The van der Waals surface area contributed by atoms with Crippen molar-refractivity contribution in [1.82, 2.24) is 4.90 Å². The maximum Gasteiger partial charge on any atom is 0.326 e. The van der Waals surface area contributed by atoms with Crippen molar-refractivity contribution in [3.05, 3.63) is 33.3 Å². The van der Waals surface area contributed by atoms with Gasteiger partial charge in [-0.15, -0.1) is 0 Å². The van der Waals surface area contributed by atoms with E-state index >= 15 is 0 Å². The number of esters is 1. The predicted molar refractivity (Wildman–Crippen MR) is 99.9 cm³/mol. The maximum atomic E-state index is 12.3. The third-order valence-electron chi connectivity index (χ3n) is 5.02. The number of hydrogen-bond donors (Lipinski definition) is 1. The molecule has 3 rings (SSSR count). The van der Waals surface area contributed by atoms with Crippen molar-refractivity contribution in [2.24, 2.45) is 11.8 Å². The molecule has 0 unspecified atom stereocenters. The Labute approximate surface area is 170 Å². The number of halogens is 1. The number of carbonyl (C=O) groups excluding carboxylic acids is 4. The van der Waals surface area contributed by atoms with E-state index in [9.17, 15) is 29.3 Å². The number of nitro groups is 1. The molecular formula is C18H18ClN3O7. The summed E-state index contributed by atoms with van der Waals surface area (Å²) in [5, 5.41) is 13.0. The topological polar surface area (TPSA) is 136 Å². The lowest BCUT2D eigenvalue weighted by Crippen LogP contribution is -2.37. The van der Waals surface area contributed by atoms with Crippen molar-refractivity contribution in [2.75, 3.05) is 18.5 Å². The Bertz CT molecular complexity index is 864. The molecule has 11 heteroatoms. The number of nitro benzene ring substituents is 1. The lowest BCUT2D eigenvalue weighted by molar-refractivity contribution is -0.384. The van der Waals surface area contributed by atoms with Gasteiger partial charge < -0.3 is 10.1 Å². The zero-order valence-electron chi connectivity index (χ0n) is 15.3. The quantitative estimate of drug-likeness (QED) is 0.319. The van der Waals surface area contributed by atoms with E-state index in [2.05, 4.69) is 5.32 Å². The van der Waals surface area contributed by atoms with Crippen LogP contribution in [0.5, 0.6) is 0 Å². The number of fused-ring (bicyclic) bond motifs is 1. The second-order valence-corrected chi connectivity index (χ2v) is 7.30. The Balaban J connectivity index is 1.50. The molecule has 0 bridgehead atoms. The van der Waals surface area contributed by atoms with E-state index in [-0.39, 0.29) is 40.0 Å². The van der Waals surface area contributed by atoms with Gasteiger partial charge in [-0.25, -0.2) is 0 Å². The number of ether oxygens (including phenoxy) is 1. The first-order valence-corrected chi connectivity index (χ1v) is 9.40. The summed E-state index contributed by atoms with van der Waals surface area (Å²) in [6, 6.07) is 3.49. The van der Waals surface area contributed by atoms with Crippen LogP contribution in [0.15, 0.2) is 18.2 Å². The molecule has 29 heavy (non-hydrogen) atoms. The summed E-state index contributed by atoms with van der Waals surface area (Å²) in [6.07, 6.45) is 3.03. The SMILES string of the molecule is O=C(COC(=O)CN1C(=O)[C@@H]2CCCC[C@H]2C1=O)Nc1ccc([N+](=O)[O-])cc1Cl. The fraction of sp³-hybridized carbons (Fsp3) is 0.444. The van der Waals surface area contributed by atoms with E-state index in [1.54, 1.807) is 0 Å². The van der Waals surface area contributed by atoms with Crippen LogP contribution in [0.1, 0.15) is 25.7 Å². The van der Waals surface area contributed by atoms with Crippen molar-refractivity contribution >= 4 is 46.7 Å². The number of benzene rings is 1. The Kier molecular flexibility index (Phi) is 6.12. The number of rotatable bonds is 6. The summed E-state index contributed by atoms with van der Waals surface area (Å²) in [7, 11) is 0. The molecular weight excluding hydrogens is 406 g/mol. The van der Waals surface area contributed by atoms with Crippen LogP contribution in [0.25, 0.3) is 0 Å². The van der Waals surface area contributed by atoms with Crippen molar-refractivity contribution in [3.63, 3.8) is 0 Å². The van der Waals surface area contributed by atoms with Gasteiger partial charge >= 0.3 is 5.97 Å². The molecule has 1 saturated heterocycles. The molecule has 1 saturated carbocycles. The van der Waals surface area contributed by atoms with Gasteiger partial charge in [0.1, 0.15) is 6.54 Å². The summed E-state index contributed by atoms with van der Waals surface area (Å²) >= 11 is 5.88. The lowest BCUT2D eigenvalue weighted by atomic mass is 9.81. The largest absolute Gasteiger partial charge is 0.454 e. The van der Waals surface area contributed by atoms with Crippen LogP contribution in [0.2, 0.25) is 5.02 Å². The van der Waals surface area contributed by atoms with E-state index in [1.165, 1.54) is 6.07 Å². The molecule has 10 nitrogen and oxygen atoms in total. The first kappa shape index (κ1) is 20.7. The fourth-order valence-corrected chi connectivity index (χ4v) is 3.83. The van der Waals surface area contributed by atoms with E-state index < -0.39 is 30.0 Å². The molecule has 1 aromatic rings. The van der Waals surface area contributed by atoms with E-state index in [0.29, 0.717) is 12.8 Å². The molecule has 2 aliphatic rings. The Morgan fingerprint density at radius 2 is 1.83 bits per heavy atom. The molecule has 1 aliphatic heterocycles. The van der Waals surface area contributed by atoms with Crippen molar-refractivity contribution < 1.29 is 28.8 Å². The molecule has 0 spiro atoms. The molecule has 154 valence electrons. The minimum atomic E-state index is -0.879. The molecule has 0 radical (unpaired) electrons. The molecule has 0 aromatic heterocycles. The summed E-state index contributed by atoms with van der Waals surface area (Å²) in [6.45, 7) is -1.19. The molecule has 1 heterocycles. The number of anilines is 1. The molecule has 2 atom stereocenters. The normalized spacial score (nSPS) is 20.9. The van der Waals surface area contributed by atoms with Crippen LogP contribution in [-0.4, -0.2) is 46.7 Å². The first-order valence-electron chi connectivity index (χ1n) is 9.02. The number of imide groups is 1. The number of nitrogens with zero attached hydrogens (tertiary/aromatic N) is 2. The van der Waals surface area contributed by atoms with Crippen molar-refractivity contribution in [2.45, 2.75) is 25.7 Å². The average molecular weight is 424 g/mol. The van der Waals surface area contributed by atoms with Crippen LogP contribution in [-0.2, 0) is 23.9 Å². The monoisotopic (exact) mass is 423 g/mol. The number of carbonyl (C=O) groups is 4. The fourth-order valence-electron chi connectivity index (χ4n) is 3.61. The molecule has 1 N–H and O–H groups in total. The zero-order chi connectivity index (χ0) is 21.1. The summed E-state index contributed by atoms with van der Waals surface area (Å²) in [4.78, 5) is 59.6. The van der Waals surface area contributed by atoms with E-state index in [0.717, 1.165) is 29.9 Å². The number of non-ortho nitro benzene ring substituents is 1. The van der Waals surface area contributed by atoms with Gasteiger partial charge in [-0.3, -0.25) is 34.2 Å². The van der Waals surface area contributed by atoms with Crippen LogP contribution < -0.4 is 5.32 Å². The lowest BCUT2D eigenvalue weighted by Gasteiger charge is -2.19. The minimum absolute atomic E-state index is 0.0465. The number of likely N-dealkylation sites (tertiary alicyclic amines) is 1. The second-order valence-electron chi connectivity index (χ2n) is 6.89. The Morgan fingerprint density at radius 1 is 1.21 bits per heavy atom. The zero-order valence-corrected chi connectivity index (χ0v) is 16.0. The highest BCUT2D eigenvalue weighted by molar-refractivity contribution is 6.34. The van der Waals surface area contributed by atoms with Gasteiger partial charge in [-0.05, 0) is 18.9 Å².